The van der Waals surface area contributed by atoms with Gasteiger partial charge in [0.25, 0.3) is 0 Å². The second kappa shape index (κ2) is 5.58. The second-order valence-corrected chi connectivity index (χ2v) is 5.94. The summed E-state index contributed by atoms with van der Waals surface area (Å²) in [6.45, 7) is 2.41. The highest BCUT2D eigenvalue weighted by molar-refractivity contribution is 7.11. The first-order valence-corrected chi connectivity index (χ1v) is 6.79. The van der Waals surface area contributed by atoms with E-state index in [-0.39, 0.29) is 13.0 Å². The maximum atomic E-state index is 11.9. The lowest BCUT2D eigenvalue weighted by molar-refractivity contribution is -0.141. The van der Waals surface area contributed by atoms with Crippen molar-refractivity contribution in [1.82, 2.24) is 10.2 Å². The fourth-order valence-electron chi connectivity index (χ4n) is 2.12. The maximum absolute atomic E-state index is 11.9. The minimum atomic E-state index is -1.08. The molecule has 1 saturated heterocycles. The van der Waals surface area contributed by atoms with Crippen LogP contribution in [0.2, 0.25) is 0 Å². The highest BCUT2D eigenvalue weighted by Gasteiger charge is 2.38. The number of thiophene rings is 1. The number of carboxylic acid groups (broad SMARTS) is 1. The van der Waals surface area contributed by atoms with Gasteiger partial charge in [0.1, 0.15) is 6.04 Å². The van der Waals surface area contributed by atoms with Gasteiger partial charge in [-0.15, -0.1) is 11.3 Å². The molecule has 104 valence electrons. The molecule has 1 aliphatic rings. The van der Waals surface area contributed by atoms with Crippen molar-refractivity contribution in [2.75, 3.05) is 6.54 Å². The van der Waals surface area contributed by atoms with E-state index in [1.54, 1.807) is 11.3 Å². The van der Waals surface area contributed by atoms with E-state index in [0.717, 1.165) is 9.75 Å². The van der Waals surface area contributed by atoms with E-state index < -0.39 is 24.1 Å². The number of amides is 2. The van der Waals surface area contributed by atoms with E-state index in [1.807, 2.05) is 19.1 Å². The summed E-state index contributed by atoms with van der Waals surface area (Å²) in [4.78, 5) is 26.3. The number of nitrogens with zero attached hydrogens (tertiary/aromatic N) is 1. The molecule has 3 N–H and O–H groups in total. The Labute approximate surface area is 114 Å². The van der Waals surface area contributed by atoms with Crippen LogP contribution in [-0.2, 0) is 11.3 Å². The zero-order chi connectivity index (χ0) is 14.0. The molecule has 0 radical (unpaired) electrons. The van der Waals surface area contributed by atoms with Gasteiger partial charge >= 0.3 is 12.0 Å². The summed E-state index contributed by atoms with van der Waals surface area (Å²) in [5.41, 5.74) is 0. The molecule has 0 bridgehead atoms. The third kappa shape index (κ3) is 3.24. The van der Waals surface area contributed by atoms with Gasteiger partial charge in [-0.1, -0.05) is 0 Å². The fraction of sp³-hybridized carbons (Fsp3) is 0.500. The quantitative estimate of drug-likeness (QED) is 0.765. The van der Waals surface area contributed by atoms with Gasteiger partial charge in [-0.2, -0.15) is 0 Å². The van der Waals surface area contributed by atoms with E-state index in [2.05, 4.69) is 5.32 Å². The molecule has 0 aromatic carbocycles. The Balaban J connectivity index is 1.93. The highest BCUT2D eigenvalue weighted by Crippen LogP contribution is 2.19. The predicted molar refractivity (Wildman–Crippen MR) is 70.0 cm³/mol. The SMILES string of the molecule is Cc1ccc(CNC(=O)N2CC(O)CC2C(=O)O)s1. The molecule has 6 nitrogen and oxygen atoms in total. The molecule has 2 unspecified atom stereocenters. The number of aliphatic carboxylic acids is 1. The summed E-state index contributed by atoms with van der Waals surface area (Å²) in [6, 6.07) is 2.50. The average Bonchev–Trinajstić information content (AvgIpc) is 2.92. The van der Waals surface area contributed by atoms with Crippen molar-refractivity contribution >= 4 is 23.3 Å². The van der Waals surface area contributed by atoms with Crippen LogP contribution in [0.5, 0.6) is 0 Å². The molecule has 19 heavy (non-hydrogen) atoms. The van der Waals surface area contributed by atoms with Gasteiger partial charge in [-0.05, 0) is 19.1 Å². The Morgan fingerprint density at radius 2 is 2.26 bits per heavy atom. The van der Waals surface area contributed by atoms with Gasteiger partial charge in [0, 0.05) is 22.7 Å². The van der Waals surface area contributed by atoms with Crippen LogP contribution in [-0.4, -0.2) is 45.8 Å². The maximum Gasteiger partial charge on any atom is 0.326 e. The first kappa shape index (κ1) is 13.8. The third-order valence-electron chi connectivity index (χ3n) is 3.03. The first-order chi connectivity index (χ1) is 8.97. The molecule has 1 aliphatic heterocycles. The highest BCUT2D eigenvalue weighted by atomic mass is 32.1. The van der Waals surface area contributed by atoms with Gasteiger partial charge < -0.3 is 20.4 Å². The minimum absolute atomic E-state index is 0.0618. The van der Waals surface area contributed by atoms with Crippen LogP contribution < -0.4 is 5.32 Å². The third-order valence-corrected chi connectivity index (χ3v) is 4.04. The molecule has 2 rings (SSSR count). The number of aliphatic hydroxyl groups is 1. The van der Waals surface area contributed by atoms with E-state index in [0.29, 0.717) is 6.54 Å². The molecule has 1 aromatic heterocycles. The molecular weight excluding hydrogens is 268 g/mol. The monoisotopic (exact) mass is 284 g/mol. The Bertz CT molecular complexity index is 488. The molecule has 2 atom stereocenters. The van der Waals surface area contributed by atoms with Gasteiger partial charge in [0.05, 0.1) is 12.6 Å². The zero-order valence-corrected chi connectivity index (χ0v) is 11.3. The number of β-amino-alcohol motifs (C(OH)–C–C–N with tert-alkyl or cyclic N) is 1. The van der Waals surface area contributed by atoms with Crippen LogP contribution in [0, 0.1) is 6.92 Å². The molecule has 2 heterocycles. The van der Waals surface area contributed by atoms with Crippen molar-refractivity contribution in [3.63, 3.8) is 0 Å². The van der Waals surface area contributed by atoms with Gasteiger partial charge in [-0.25, -0.2) is 9.59 Å². The number of carbonyl (C=O) groups excluding carboxylic acids is 1. The average molecular weight is 284 g/mol. The predicted octanol–water partition coefficient (Wildman–Crippen LogP) is 0.786. The second-order valence-electron chi connectivity index (χ2n) is 4.57. The number of likely N-dealkylation sites (tertiary alicyclic amines) is 1. The number of hydrogen-bond donors (Lipinski definition) is 3. The lowest BCUT2D eigenvalue weighted by Gasteiger charge is -2.21. The van der Waals surface area contributed by atoms with E-state index in [9.17, 15) is 14.7 Å². The molecule has 1 fully saturated rings. The summed E-state index contributed by atoms with van der Waals surface area (Å²) >= 11 is 1.58. The number of aliphatic hydroxyl groups excluding tert-OH is 1. The summed E-state index contributed by atoms with van der Waals surface area (Å²) in [5, 5.41) is 21.2. The van der Waals surface area contributed by atoms with Crippen molar-refractivity contribution in [3.05, 3.63) is 21.9 Å². The Hall–Kier alpha value is -1.60. The number of carbonyl (C=O) groups is 2. The van der Waals surface area contributed by atoms with Crippen LogP contribution in [0.3, 0.4) is 0 Å². The van der Waals surface area contributed by atoms with Crippen molar-refractivity contribution in [3.8, 4) is 0 Å². The van der Waals surface area contributed by atoms with Crippen molar-refractivity contribution in [2.24, 2.45) is 0 Å². The lowest BCUT2D eigenvalue weighted by Crippen LogP contribution is -2.45. The summed E-state index contributed by atoms with van der Waals surface area (Å²) < 4.78 is 0. The first-order valence-electron chi connectivity index (χ1n) is 5.98. The number of urea groups is 1. The molecule has 0 aliphatic carbocycles. The Morgan fingerprint density at radius 3 is 2.84 bits per heavy atom. The zero-order valence-electron chi connectivity index (χ0n) is 10.5. The molecule has 0 spiro atoms. The van der Waals surface area contributed by atoms with Crippen molar-refractivity contribution in [1.29, 1.82) is 0 Å². The standard InChI is InChI=1S/C12H16N2O4S/c1-7-2-3-9(19-7)5-13-12(18)14-6-8(15)4-10(14)11(16)17/h2-3,8,10,15H,4-6H2,1H3,(H,13,18)(H,16,17). The number of nitrogens with one attached hydrogen (secondary N) is 1. The number of carboxylic acids is 1. The topological polar surface area (TPSA) is 89.9 Å². The molecule has 0 saturated carbocycles. The fourth-order valence-corrected chi connectivity index (χ4v) is 2.95. The number of rotatable bonds is 3. The Morgan fingerprint density at radius 1 is 1.53 bits per heavy atom. The smallest absolute Gasteiger partial charge is 0.326 e. The molecular formula is C12H16N2O4S. The summed E-state index contributed by atoms with van der Waals surface area (Å²) in [6.07, 6.45) is -0.684. The van der Waals surface area contributed by atoms with Crippen LogP contribution >= 0.6 is 11.3 Å². The van der Waals surface area contributed by atoms with E-state index in [1.165, 1.54) is 4.90 Å². The van der Waals surface area contributed by atoms with E-state index in [4.69, 9.17) is 5.11 Å². The van der Waals surface area contributed by atoms with E-state index >= 15 is 0 Å². The molecule has 2 amide bonds. The molecule has 1 aromatic rings. The largest absolute Gasteiger partial charge is 0.480 e. The van der Waals surface area contributed by atoms with Crippen LogP contribution in [0.1, 0.15) is 16.2 Å². The van der Waals surface area contributed by atoms with Crippen LogP contribution in [0.4, 0.5) is 4.79 Å². The molecule has 7 heteroatoms. The number of hydrogen-bond acceptors (Lipinski definition) is 4. The van der Waals surface area contributed by atoms with Gasteiger partial charge in [0.2, 0.25) is 0 Å². The van der Waals surface area contributed by atoms with Crippen LogP contribution in [0.15, 0.2) is 12.1 Å². The lowest BCUT2D eigenvalue weighted by atomic mass is 10.2. The summed E-state index contributed by atoms with van der Waals surface area (Å²) in [5.74, 6) is -1.08. The normalized spacial score (nSPS) is 22.5. The number of aryl methyl sites for hydroxylation is 1. The Kier molecular flexibility index (Phi) is 4.06. The van der Waals surface area contributed by atoms with Gasteiger partial charge in [0.15, 0.2) is 0 Å². The summed E-state index contributed by atoms with van der Waals surface area (Å²) in [7, 11) is 0. The van der Waals surface area contributed by atoms with Crippen LogP contribution in [0.25, 0.3) is 0 Å². The minimum Gasteiger partial charge on any atom is -0.480 e. The van der Waals surface area contributed by atoms with Crippen molar-refractivity contribution in [2.45, 2.75) is 32.0 Å². The van der Waals surface area contributed by atoms with Crippen molar-refractivity contribution < 1.29 is 19.8 Å². The van der Waals surface area contributed by atoms with Gasteiger partial charge in [-0.3, -0.25) is 0 Å².